The van der Waals surface area contributed by atoms with Gasteiger partial charge in [-0.2, -0.15) is 0 Å². The van der Waals surface area contributed by atoms with E-state index in [4.69, 9.17) is 10.6 Å². The molecule has 1 atom stereocenters. The molecule has 0 bridgehead atoms. The van der Waals surface area contributed by atoms with Crippen molar-refractivity contribution >= 4 is 0 Å². The highest BCUT2D eigenvalue weighted by molar-refractivity contribution is 5.38. The van der Waals surface area contributed by atoms with Crippen molar-refractivity contribution in [2.45, 2.75) is 13.0 Å². The van der Waals surface area contributed by atoms with Gasteiger partial charge in [-0.3, -0.25) is 5.84 Å². The summed E-state index contributed by atoms with van der Waals surface area (Å²) in [6.07, 6.45) is 3.53. The molecule has 0 saturated heterocycles. The Labute approximate surface area is 106 Å². The second-order valence-corrected chi connectivity index (χ2v) is 3.96. The number of aromatic nitrogens is 2. The van der Waals surface area contributed by atoms with Gasteiger partial charge >= 0.3 is 0 Å². The second-order valence-electron chi connectivity index (χ2n) is 3.96. The van der Waals surface area contributed by atoms with Gasteiger partial charge in [0.15, 0.2) is 5.82 Å². The minimum atomic E-state index is -0.290. The molecule has 18 heavy (non-hydrogen) atoms. The fourth-order valence-electron chi connectivity index (χ4n) is 1.76. The molecule has 0 aliphatic rings. The highest BCUT2D eigenvalue weighted by atomic mass is 16.5. The normalized spacial score (nSPS) is 12.2. The minimum Gasteiger partial charge on any atom is -0.496 e. The SMILES string of the molecule is COc1ccccc1C(NN)c1ncc(C)cn1. The maximum Gasteiger partial charge on any atom is 0.151 e. The number of aryl methyl sites for hydroxylation is 1. The number of nitrogens with two attached hydrogens (primary N) is 1. The Morgan fingerprint density at radius 2 is 1.89 bits per heavy atom. The quantitative estimate of drug-likeness (QED) is 0.627. The molecule has 0 radical (unpaired) electrons. The van der Waals surface area contributed by atoms with Gasteiger partial charge in [-0.05, 0) is 18.6 Å². The lowest BCUT2D eigenvalue weighted by molar-refractivity contribution is 0.403. The third-order valence-corrected chi connectivity index (χ3v) is 2.68. The summed E-state index contributed by atoms with van der Waals surface area (Å²) < 4.78 is 5.32. The Balaban J connectivity index is 2.41. The van der Waals surface area contributed by atoms with Crippen molar-refractivity contribution in [2.75, 3.05) is 7.11 Å². The van der Waals surface area contributed by atoms with Gasteiger partial charge < -0.3 is 4.74 Å². The summed E-state index contributed by atoms with van der Waals surface area (Å²) in [5.74, 6) is 6.99. The van der Waals surface area contributed by atoms with E-state index < -0.39 is 0 Å². The molecule has 2 rings (SSSR count). The number of para-hydroxylation sites is 1. The van der Waals surface area contributed by atoms with E-state index in [9.17, 15) is 0 Å². The van der Waals surface area contributed by atoms with Crippen molar-refractivity contribution in [3.63, 3.8) is 0 Å². The molecular formula is C13H16N4O. The first-order chi connectivity index (χ1) is 8.76. The Kier molecular flexibility index (Phi) is 3.86. The molecule has 1 aromatic carbocycles. The van der Waals surface area contributed by atoms with E-state index in [1.54, 1.807) is 19.5 Å². The molecule has 3 N–H and O–H groups in total. The number of benzene rings is 1. The smallest absolute Gasteiger partial charge is 0.151 e. The first kappa shape index (κ1) is 12.5. The molecule has 0 aliphatic carbocycles. The average Bonchev–Trinajstić information content (AvgIpc) is 2.42. The van der Waals surface area contributed by atoms with Gasteiger partial charge in [-0.25, -0.2) is 15.4 Å². The molecule has 5 nitrogen and oxygen atoms in total. The van der Waals surface area contributed by atoms with Crippen molar-refractivity contribution < 1.29 is 4.74 Å². The van der Waals surface area contributed by atoms with Crippen LogP contribution in [0.25, 0.3) is 0 Å². The van der Waals surface area contributed by atoms with E-state index in [-0.39, 0.29) is 6.04 Å². The molecule has 2 aromatic rings. The van der Waals surface area contributed by atoms with E-state index in [1.165, 1.54) is 0 Å². The second kappa shape index (κ2) is 5.57. The third-order valence-electron chi connectivity index (χ3n) is 2.68. The predicted octanol–water partition coefficient (Wildman–Crippen LogP) is 1.35. The van der Waals surface area contributed by atoms with Gasteiger partial charge in [0.25, 0.3) is 0 Å². The molecule has 94 valence electrons. The zero-order valence-corrected chi connectivity index (χ0v) is 10.4. The minimum absolute atomic E-state index is 0.290. The maximum atomic E-state index is 5.61. The maximum absolute atomic E-state index is 5.61. The van der Waals surface area contributed by atoms with Gasteiger partial charge in [0.1, 0.15) is 11.8 Å². The van der Waals surface area contributed by atoms with Gasteiger partial charge in [-0.1, -0.05) is 18.2 Å². The topological polar surface area (TPSA) is 73.1 Å². The fraction of sp³-hybridized carbons (Fsp3) is 0.231. The Morgan fingerprint density at radius 3 is 2.50 bits per heavy atom. The number of nitrogens with zero attached hydrogens (tertiary/aromatic N) is 2. The number of methoxy groups -OCH3 is 1. The molecule has 0 fully saturated rings. The van der Waals surface area contributed by atoms with E-state index in [0.29, 0.717) is 5.82 Å². The Bertz CT molecular complexity index is 513. The van der Waals surface area contributed by atoms with E-state index in [1.807, 2.05) is 31.2 Å². The van der Waals surface area contributed by atoms with Crippen LogP contribution in [0.15, 0.2) is 36.7 Å². The summed E-state index contributed by atoms with van der Waals surface area (Å²) in [5.41, 5.74) is 4.64. The van der Waals surface area contributed by atoms with Gasteiger partial charge in [0.05, 0.1) is 7.11 Å². The number of nitrogens with one attached hydrogen (secondary N) is 1. The molecular weight excluding hydrogens is 228 g/mol. The van der Waals surface area contributed by atoms with Crippen LogP contribution in [-0.4, -0.2) is 17.1 Å². The van der Waals surface area contributed by atoms with Crippen molar-refractivity contribution in [1.82, 2.24) is 15.4 Å². The lowest BCUT2D eigenvalue weighted by Crippen LogP contribution is -2.30. The van der Waals surface area contributed by atoms with Crippen LogP contribution in [0.3, 0.4) is 0 Å². The number of hydrogen-bond acceptors (Lipinski definition) is 5. The Morgan fingerprint density at radius 1 is 1.22 bits per heavy atom. The van der Waals surface area contributed by atoms with Crippen LogP contribution in [-0.2, 0) is 0 Å². The lowest BCUT2D eigenvalue weighted by atomic mass is 10.1. The predicted molar refractivity (Wildman–Crippen MR) is 68.9 cm³/mol. The Hall–Kier alpha value is -1.98. The van der Waals surface area contributed by atoms with E-state index in [2.05, 4.69) is 15.4 Å². The number of ether oxygens (including phenoxy) is 1. The molecule has 0 aliphatic heterocycles. The highest BCUT2D eigenvalue weighted by Crippen LogP contribution is 2.27. The molecule has 1 unspecified atom stereocenters. The van der Waals surface area contributed by atoms with E-state index >= 15 is 0 Å². The first-order valence-electron chi connectivity index (χ1n) is 5.64. The first-order valence-corrected chi connectivity index (χ1v) is 5.64. The molecule has 0 amide bonds. The summed E-state index contributed by atoms with van der Waals surface area (Å²) >= 11 is 0. The number of hydrogen-bond donors (Lipinski definition) is 2. The standard InChI is InChI=1S/C13H16N4O/c1-9-7-15-13(16-8-9)12(17-14)10-5-3-4-6-11(10)18-2/h3-8,12,17H,14H2,1-2H3. The van der Waals surface area contributed by atoms with Gasteiger partial charge in [0.2, 0.25) is 0 Å². The van der Waals surface area contributed by atoms with Gasteiger partial charge in [0, 0.05) is 18.0 Å². The fourth-order valence-corrected chi connectivity index (χ4v) is 1.76. The molecule has 1 heterocycles. The van der Waals surface area contributed by atoms with Crippen LogP contribution in [0.4, 0.5) is 0 Å². The van der Waals surface area contributed by atoms with Crippen LogP contribution in [0.2, 0.25) is 0 Å². The van der Waals surface area contributed by atoms with Crippen LogP contribution in [0.5, 0.6) is 5.75 Å². The summed E-state index contributed by atoms with van der Waals surface area (Å²) in [7, 11) is 1.63. The molecule has 0 saturated carbocycles. The average molecular weight is 244 g/mol. The van der Waals surface area contributed by atoms with Crippen molar-refractivity contribution in [1.29, 1.82) is 0 Å². The summed E-state index contributed by atoms with van der Waals surface area (Å²) in [5, 5.41) is 0. The monoisotopic (exact) mass is 244 g/mol. The van der Waals surface area contributed by atoms with Gasteiger partial charge in [-0.15, -0.1) is 0 Å². The van der Waals surface area contributed by atoms with Crippen molar-refractivity contribution in [3.05, 3.63) is 53.6 Å². The molecule has 5 heteroatoms. The van der Waals surface area contributed by atoms with E-state index in [0.717, 1.165) is 16.9 Å². The third kappa shape index (κ3) is 2.47. The largest absolute Gasteiger partial charge is 0.496 e. The van der Waals surface area contributed by atoms with Crippen molar-refractivity contribution in [3.8, 4) is 5.75 Å². The van der Waals surface area contributed by atoms with Crippen molar-refractivity contribution in [2.24, 2.45) is 5.84 Å². The lowest BCUT2D eigenvalue weighted by Gasteiger charge is -2.17. The van der Waals surface area contributed by atoms with Crippen LogP contribution >= 0.6 is 0 Å². The summed E-state index contributed by atoms with van der Waals surface area (Å²) in [4.78, 5) is 8.58. The zero-order chi connectivity index (χ0) is 13.0. The number of hydrazine groups is 1. The highest BCUT2D eigenvalue weighted by Gasteiger charge is 2.18. The molecule has 0 spiro atoms. The molecule has 1 aromatic heterocycles. The summed E-state index contributed by atoms with van der Waals surface area (Å²) in [6.45, 7) is 1.94. The van der Waals surface area contributed by atoms with Crippen LogP contribution < -0.4 is 16.0 Å². The zero-order valence-electron chi connectivity index (χ0n) is 10.4. The summed E-state index contributed by atoms with van der Waals surface area (Å²) in [6, 6.07) is 7.37. The van der Waals surface area contributed by atoms with Crippen LogP contribution in [0.1, 0.15) is 23.0 Å². The number of rotatable bonds is 4. The van der Waals surface area contributed by atoms with Crippen LogP contribution in [0, 0.1) is 6.92 Å².